The molecule has 1 heterocycles. The Hall–Kier alpha value is -1.61. The van der Waals surface area contributed by atoms with Crippen LogP contribution in [0, 0.1) is 0 Å². The number of hydrogen-bond donors (Lipinski definition) is 1. The fourth-order valence-electron chi connectivity index (χ4n) is 2.05. The number of hydrogen-bond acceptors (Lipinski definition) is 2. The second kappa shape index (κ2) is 6.53. The predicted molar refractivity (Wildman–Crippen MR) is 79.2 cm³/mol. The summed E-state index contributed by atoms with van der Waals surface area (Å²) in [6.45, 7) is 9.26. The van der Waals surface area contributed by atoms with Crippen LogP contribution in [-0.4, -0.2) is 16.3 Å². The molecule has 0 aliphatic rings. The zero-order chi connectivity index (χ0) is 13.7. The zero-order valence-corrected chi connectivity index (χ0v) is 12.1. The topological polar surface area (TPSA) is 29.9 Å². The molecule has 0 bridgehead atoms. The number of benzene rings is 1. The first-order chi connectivity index (χ1) is 9.19. The molecule has 0 radical (unpaired) electrons. The van der Waals surface area contributed by atoms with Gasteiger partial charge in [-0.3, -0.25) is 4.68 Å². The molecule has 0 fully saturated rings. The summed E-state index contributed by atoms with van der Waals surface area (Å²) in [6.07, 6.45) is 4.05. The lowest BCUT2D eigenvalue weighted by atomic mass is 10.0. The van der Waals surface area contributed by atoms with Gasteiger partial charge in [0.15, 0.2) is 0 Å². The van der Waals surface area contributed by atoms with Gasteiger partial charge in [0.25, 0.3) is 0 Å². The zero-order valence-electron chi connectivity index (χ0n) is 12.1. The van der Waals surface area contributed by atoms with Gasteiger partial charge in [-0.15, -0.1) is 0 Å². The lowest BCUT2D eigenvalue weighted by Gasteiger charge is -2.07. The quantitative estimate of drug-likeness (QED) is 0.861. The van der Waals surface area contributed by atoms with Gasteiger partial charge >= 0.3 is 0 Å². The van der Waals surface area contributed by atoms with Crippen LogP contribution in [0.5, 0.6) is 0 Å². The molecule has 2 rings (SSSR count). The van der Waals surface area contributed by atoms with E-state index in [1.807, 2.05) is 10.9 Å². The number of rotatable bonds is 6. The minimum Gasteiger partial charge on any atom is -0.313 e. The summed E-state index contributed by atoms with van der Waals surface area (Å²) in [6, 6.07) is 8.81. The van der Waals surface area contributed by atoms with Crippen LogP contribution >= 0.6 is 0 Å². The molecule has 1 aromatic carbocycles. The lowest BCUT2D eigenvalue weighted by Crippen LogP contribution is -2.11. The number of nitrogens with one attached hydrogen (secondary N) is 1. The highest BCUT2D eigenvalue weighted by atomic mass is 15.3. The maximum Gasteiger partial charge on any atom is 0.0659 e. The van der Waals surface area contributed by atoms with Gasteiger partial charge in [0.1, 0.15) is 0 Å². The van der Waals surface area contributed by atoms with Gasteiger partial charge in [-0.1, -0.05) is 45.0 Å². The van der Waals surface area contributed by atoms with Crippen molar-refractivity contribution >= 4 is 0 Å². The van der Waals surface area contributed by atoms with E-state index < -0.39 is 0 Å². The highest BCUT2D eigenvalue weighted by molar-refractivity contribution is 5.24. The molecule has 1 N–H and O–H groups in total. The molecule has 0 unspecified atom stereocenters. The van der Waals surface area contributed by atoms with Gasteiger partial charge in [0.05, 0.1) is 12.7 Å². The first-order valence-corrected chi connectivity index (χ1v) is 7.00. The van der Waals surface area contributed by atoms with Gasteiger partial charge in [0, 0.05) is 18.3 Å². The minimum absolute atomic E-state index is 0.588. The average Bonchev–Trinajstić information content (AvgIpc) is 2.84. The van der Waals surface area contributed by atoms with Crippen molar-refractivity contribution in [2.24, 2.45) is 0 Å². The first kappa shape index (κ1) is 13.8. The maximum atomic E-state index is 4.40. The average molecular weight is 257 g/mol. The Kier molecular flexibility index (Phi) is 4.74. The van der Waals surface area contributed by atoms with Crippen molar-refractivity contribution in [2.75, 3.05) is 6.54 Å². The second-order valence-corrected chi connectivity index (χ2v) is 5.22. The summed E-state index contributed by atoms with van der Waals surface area (Å²) in [5, 5.41) is 7.71. The fourth-order valence-corrected chi connectivity index (χ4v) is 2.05. The van der Waals surface area contributed by atoms with Gasteiger partial charge in [0.2, 0.25) is 0 Å². The van der Waals surface area contributed by atoms with Crippen LogP contribution in [0.3, 0.4) is 0 Å². The van der Waals surface area contributed by atoms with E-state index >= 15 is 0 Å². The summed E-state index contributed by atoms with van der Waals surface area (Å²) in [5.41, 5.74) is 3.92. The standard InChI is InChI=1S/C16H23N3/c1-4-17-9-15-10-18-19(12-15)11-14-5-7-16(8-6-14)13(2)3/h5-8,10,12-13,17H,4,9,11H2,1-3H3. The maximum absolute atomic E-state index is 4.40. The van der Waals surface area contributed by atoms with E-state index in [9.17, 15) is 0 Å². The van der Waals surface area contributed by atoms with E-state index in [0.717, 1.165) is 19.6 Å². The van der Waals surface area contributed by atoms with Crippen LogP contribution in [0.2, 0.25) is 0 Å². The molecule has 0 spiro atoms. The van der Waals surface area contributed by atoms with Crippen molar-refractivity contribution < 1.29 is 0 Å². The Labute approximate surface area is 115 Å². The van der Waals surface area contributed by atoms with E-state index in [1.165, 1.54) is 16.7 Å². The van der Waals surface area contributed by atoms with E-state index in [4.69, 9.17) is 0 Å². The summed E-state index contributed by atoms with van der Waals surface area (Å²) in [5.74, 6) is 0.588. The molecule has 3 nitrogen and oxygen atoms in total. The molecule has 2 aromatic rings. The third-order valence-electron chi connectivity index (χ3n) is 3.26. The van der Waals surface area contributed by atoms with E-state index in [0.29, 0.717) is 5.92 Å². The summed E-state index contributed by atoms with van der Waals surface area (Å²) >= 11 is 0. The van der Waals surface area contributed by atoms with E-state index in [1.54, 1.807) is 0 Å². The highest BCUT2D eigenvalue weighted by Crippen LogP contribution is 2.15. The SMILES string of the molecule is CCNCc1cnn(Cc2ccc(C(C)C)cc2)c1. The molecule has 0 amide bonds. The van der Waals surface area contributed by atoms with Crippen LogP contribution in [0.15, 0.2) is 36.7 Å². The van der Waals surface area contributed by atoms with E-state index in [2.05, 4.69) is 61.6 Å². The first-order valence-electron chi connectivity index (χ1n) is 7.00. The number of aromatic nitrogens is 2. The number of nitrogens with zero attached hydrogens (tertiary/aromatic N) is 2. The van der Waals surface area contributed by atoms with Crippen LogP contribution in [0.25, 0.3) is 0 Å². The molecule has 0 saturated heterocycles. The van der Waals surface area contributed by atoms with Gasteiger partial charge in [-0.2, -0.15) is 5.10 Å². The van der Waals surface area contributed by atoms with Crippen LogP contribution in [-0.2, 0) is 13.1 Å². The highest BCUT2D eigenvalue weighted by Gasteiger charge is 2.01. The second-order valence-electron chi connectivity index (χ2n) is 5.22. The Bertz CT molecular complexity index is 497. The Balaban J connectivity index is 1.98. The molecule has 19 heavy (non-hydrogen) atoms. The van der Waals surface area contributed by atoms with Crippen LogP contribution in [0.1, 0.15) is 43.4 Å². The molecular weight excluding hydrogens is 234 g/mol. The molecule has 0 aliphatic carbocycles. The molecule has 0 atom stereocenters. The summed E-state index contributed by atoms with van der Waals surface area (Å²) in [4.78, 5) is 0. The molecule has 102 valence electrons. The third kappa shape index (κ3) is 3.93. The molecule has 3 heteroatoms. The largest absolute Gasteiger partial charge is 0.313 e. The van der Waals surface area contributed by atoms with E-state index in [-0.39, 0.29) is 0 Å². The van der Waals surface area contributed by atoms with Crippen molar-refractivity contribution in [1.82, 2.24) is 15.1 Å². The van der Waals surface area contributed by atoms with Crippen molar-refractivity contribution in [3.05, 3.63) is 53.3 Å². The van der Waals surface area contributed by atoms with Crippen molar-refractivity contribution in [3.63, 3.8) is 0 Å². The van der Waals surface area contributed by atoms with Crippen LogP contribution < -0.4 is 5.32 Å². The Morgan fingerprint density at radius 2 is 1.89 bits per heavy atom. The van der Waals surface area contributed by atoms with Gasteiger partial charge in [-0.05, 0) is 23.6 Å². The molecular formula is C16H23N3. The van der Waals surface area contributed by atoms with Crippen molar-refractivity contribution in [1.29, 1.82) is 0 Å². The van der Waals surface area contributed by atoms with Crippen LogP contribution in [0.4, 0.5) is 0 Å². The van der Waals surface area contributed by atoms with Gasteiger partial charge < -0.3 is 5.32 Å². The summed E-state index contributed by atoms with van der Waals surface area (Å²) in [7, 11) is 0. The summed E-state index contributed by atoms with van der Waals surface area (Å²) < 4.78 is 2.00. The predicted octanol–water partition coefficient (Wildman–Crippen LogP) is 3.16. The Morgan fingerprint density at radius 3 is 2.53 bits per heavy atom. The third-order valence-corrected chi connectivity index (χ3v) is 3.26. The Morgan fingerprint density at radius 1 is 1.16 bits per heavy atom. The monoisotopic (exact) mass is 257 g/mol. The lowest BCUT2D eigenvalue weighted by molar-refractivity contribution is 0.682. The van der Waals surface area contributed by atoms with Crippen molar-refractivity contribution in [2.45, 2.75) is 39.8 Å². The van der Waals surface area contributed by atoms with Gasteiger partial charge in [-0.25, -0.2) is 0 Å². The minimum atomic E-state index is 0.588. The fraction of sp³-hybridized carbons (Fsp3) is 0.438. The normalized spacial score (nSPS) is 11.2. The molecule has 0 saturated carbocycles. The molecule has 0 aliphatic heterocycles. The van der Waals surface area contributed by atoms with Crippen molar-refractivity contribution in [3.8, 4) is 0 Å². The molecule has 1 aromatic heterocycles. The smallest absolute Gasteiger partial charge is 0.0659 e.